The average Bonchev–Trinajstić information content (AvgIpc) is 3.83. The molecule has 0 saturated heterocycles. The predicted octanol–water partition coefficient (Wildman–Crippen LogP) is 6.81. The number of hydrogen-bond acceptors (Lipinski definition) is 4. The Morgan fingerprint density at radius 3 is 2.32 bits per heavy atom. The fourth-order valence-corrected chi connectivity index (χ4v) is 5.37. The lowest BCUT2D eigenvalue weighted by molar-refractivity contribution is -0.139. The van der Waals surface area contributed by atoms with Gasteiger partial charge in [-0.2, -0.15) is 0 Å². The van der Waals surface area contributed by atoms with E-state index >= 15 is 0 Å². The maximum atomic E-state index is 12.7. The van der Waals surface area contributed by atoms with Crippen LogP contribution in [0.3, 0.4) is 0 Å². The molecule has 1 amide bonds. The van der Waals surface area contributed by atoms with Crippen LogP contribution in [0, 0.1) is 0 Å². The van der Waals surface area contributed by atoms with E-state index in [9.17, 15) is 14.7 Å². The van der Waals surface area contributed by atoms with Crippen molar-refractivity contribution in [3.63, 3.8) is 0 Å². The molecule has 1 heterocycles. The number of benzene rings is 3. The van der Waals surface area contributed by atoms with Crippen molar-refractivity contribution in [2.24, 2.45) is 0 Å². The minimum Gasteiger partial charge on any atom is -0.493 e. The Bertz CT molecular complexity index is 1360. The molecule has 6 nitrogen and oxygen atoms in total. The van der Waals surface area contributed by atoms with Gasteiger partial charge in [-0.25, -0.2) is 0 Å². The summed E-state index contributed by atoms with van der Waals surface area (Å²) in [5, 5.41) is 13.5. The van der Waals surface area contributed by atoms with Gasteiger partial charge in [-0.3, -0.25) is 9.59 Å². The van der Waals surface area contributed by atoms with Crippen molar-refractivity contribution in [1.29, 1.82) is 0 Å². The van der Waals surface area contributed by atoms with Gasteiger partial charge in [0.1, 0.15) is 17.2 Å². The van der Waals surface area contributed by atoms with Gasteiger partial charge < -0.3 is 19.9 Å². The molecule has 0 bridgehead atoms. The molecule has 6 rings (SSSR count). The van der Waals surface area contributed by atoms with Gasteiger partial charge >= 0.3 is 5.97 Å². The Morgan fingerprint density at radius 2 is 1.66 bits per heavy atom. The summed E-state index contributed by atoms with van der Waals surface area (Å²) in [6.45, 7) is 0.925. The summed E-state index contributed by atoms with van der Waals surface area (Å²) in [5.74, 6) is 1.42. The molecular formula is C31H30ClNO5. The highest BCUT2D eigenvalue weighted by Gasteiger charge is 2.41. The van der Waals surface area contributed by atoms with Crippen molar-refractivity contribution in [2.45, 2.75) is 56.3 Å². The summed E-state index contributed by atoms with van der Waals surface area (Å²) in [7, 11) is 0. The first-order valence-corrected chi connectivity index (χ1v) is 13.7. The van der Waals surface area contributed by atoms with Gasteiger partial charge in [0.15, 0.2) is 0 Å². The lowest BCUT2D eigenvalue weighted by Crippen LogP contribution is -2.25. The van der Waals surface area contributed by atoms with E-state index in [4.69, 9.17) is 21.1 Å². The lowest BCUT2D eigenvalue weighted by atomic mass is 9.86. The van der Waals surface area contributed by atoms with Gasteiger partial charge in [0.2, 0.25) is 0 Å². The number of halogens is 1. The number of ether oxygens (including phenoxy) is 2. The number of fused-ring (bicyclic) bond motifs is 1. The van der Waals surface area contributed by atoms with Crippen LogP contribution in [0.2, 0.25) is 5.02 Å². The standard InChI is InChI=1S/C31H30ClNO5/c32-22-9-1-18(2-10-22)13-15-33-30(34)21-7-11-23(12-8-21)38-29-25(19-3-4-19)17-26-24(31(35)36)14-16-37-28(26)27(29)20-5-6-20/h1-2,7-12,17,19-20,24H,3-6,13-16H2,(H,33,34)(H,35,36). The maximum absolute atomic E-state index is 12.7. The third kappa shape index (κ3) is 5.23. The molecule has 2 saturated carbocycles. The normalized spacial score (nSPS) is 18.3. The summed E-state index contributed by atoms with van der Waals surface area (Å²) in [6, 6.07) is 16.8. The summed E-state index contributed by atoms with van der Waals surface area (Å²) in [6.07, 6.45) is 5.46. The minimum atomic E-state index is -0.797. The van der Waals surface area contributed by atoms with Crippen LogP contribution in [-0.4, -0.2) is 30.1 Å². The second kappa shape index (κ2) is 10.3. The zero-order valence-electron chi connectivity index (χ0n) is 21.0. The smallest absolute Gasteiger partial charge is 0.311 e. The molecule has 2 aliphatic carbocycles. The minimum absolute atomic E-state index is 0.134. The van der Waals surface area contributed by atoms with E-state index < -0.39 is 11.9 Å². The molecule has 0 aromatic heterocycles. The SMILES string of the molecule is O=C(NCCc1ccc(Cl)cc1)c1ccc(Oc2c(C3CC3)cc3c(c2C2CC2)OCCC3C(=O)O)cc1. The van der Waals surface area contributed by atoms with Crippen molar-refractivity contribution in [1.82, 2.24) is 5.32 Å². The quantitative estimate of drug-likeness (QED) is 0.317. The highest BCUT2D eigenvalue weighted by molar-refractivity contribution is 6.30. The second-order valence-corrected chi connectivity index (χ2v) is 10.9. The molecule has 7 heteroatoms. The van der Waals surface area contributed by atoms with Gasteiger partial charge in [0, 0.05) is 28.3 Å². The zero-order chi connectivity index (χ0) is 26.2. The van der Waals surface area contributed by atoms with Crippen molar-refractivity contribution in [3.05, 3.63) is 87.4 Å². The van der Waals surface area contributed by atoms with E-state index in [1.54, 1.807) is 12.1 Å². The number of nitrogens with one attached hydrogen (secondary N) is 1. The highest BCUT2D eigenvalue weighted by atomic mass is 35.5. The molecule has 3 aromatic rings. The number of carbonyl (C=O) groups is 2. The molecule has 1 aliphatic heterocycles. The van der Waals surface area contributed by atoms with E-state index in [-0.39, 0.29) is 5.91 Å². The predicted molar refractivity (Wildman–Crippen MR) is 145 cm³/mol. The molecule has 2 fully saturated rings. The van der Waals surface area contributed by atoms with Gasteiger partial charge in [0.05, 0.1) is 12.5 Å². The summed E-state index contributed by atoms with van der Waals surface area (Å²) in [5.41, 5.74) is 4.59. The van der Waals surface area contributed by atoms with Crippen molar-refractivity contribution in [3.8, 4) is 17.2 Å². The summed E-state index contributed by atoms with van der Waals surface area (Å²) < 4.78 is 12.6. The van der Waals surface area contributed by atoms with Crippen molar-refractivity contribution in [2.75, 3.05) is 13.2 Å². The first kappa shape index (κ1) is 24.8. The maximum Gasteiger partial charge on any atom is 0.311 e. The topological polar surface area (TPSA) is 84.9 Å². The van der Waals surface area contributed by atoms with Crippen molar-refractivity contribution >= 4 is 23.5 Å². The first-order valence-electron chi connectivity index (χ1n) is 13.3. The van der Waals surface area contributed by atoms with E-state index in [1.165, 1.54) is 0 Å². The molecule has 196 valence electrons. The molecule has 3 aliphatic rings. The fourth-order valence-electron chi connectivity index (χ4n) is 5.24. The Kier molecular flexibility index (Phi) is 6.75. The van der Waals surface area contributed by atoms with Crippen LogP contribution in [0.5, 0.6) is 17.2 Å². The zero-order valence-corrected chi connectivity index (χ0v) is 21.8. The third-order valence-corrected chi connectivity index (χ3v) is 7.85. The number of amides is 1. The highest BCUT2D eigenvalue weighted by Crippen LogP contribution is 2.58. The molecule has 1 unspecified atom stereocenters. The second-order valence-electron chi connectivity index (χ2n) is 10.5. The molecule has 38 heavy (non-hydrogen) atoms. The van der Waals surface area contributed by atoms with Crippen LogP contribution in [0.4, 0.5) is 0 Å². The van der Waals surface area contributed by atoms with E-state index in [1.807, 2.05) is 42.5 Å². The van der Waals surface area contributed by atoms with Gasteiger partial charge in [-0.15, -0.1) is 0 Å². The summed E-state index contributed by atoms with van der Waals surface area (Å²) >= 11 is 5.93. The van der Waals surface area contributed by atoms with Crippen LogP contribution in [0.25, 0.3) is 0 Å². The van der Waals surface area contributed by atoms with Gasteiger partial charge in [-0.1, -0.05) is 23.7 Å². The average molecular weight is 532 g/mol. The number of carbonyl (C=O) groups excluding carboxylic acids is 1. The number of hydrogen-bond donors (Lipinski definition) is 2. The van der Waals surface area contributed by atoms with E-state index in [0.29, 0.717) is 53.5 Å². The number of carboxylic acids is 1. The van der Waals surface area contributed by atoms with Crippen LogP contribution in [0.15, 0.2) is 54.6 Å². The fraction of sp³-hybridized carbons (Fsp3) is 0.355. The van der Waals surface area contributed by atoms with E-state index in [2.05, 4.69) is 5.32 Å². The van der Waals surface area contributed by atoms with Gasteiger partial charge in [0.25, 0.3) is 5.91 Å². The van der Waals surface area contributed by atoms with Crippen LogP contribution >= 0.6 is 11.6 Å². The number of rotatable bonds is 9. The van der Waals surface area contributed by atoms with Gasteiger partial charge in [-0.05, 0) is 104 Å². The molecule has 2 N–H and O–H groups in total. The third-order valence-electron chi connectivity index (χ3n) is 7.60. The summed E-state index contributed by atoms with van der Waals surface area (Å²) in [4.78, 5) is 24.7. The lowest BCUT2D eigenvalue weighted by Gasteiger charge is -2.28. The van der Waals surface area contributed by atoms with Crippen LogP contribution in [0.1, 0.15) is 82.5 Å². The molecular weight excluding hydrogens is 502 g/mol. The van der Waals surface area contributed by atoms with E-state index in [0.717, 1.165) is 60.1 Å². The Balaban J connectivity index is 1.21. The largest absolute Gasteiger partial charge is 0.493 e. The van der Waals surface area contributed by atoms with Crippen LogP contribution < -0.4 is 14.8 Å². The number of aliphatic carboxylic acids is 1. The Labute approximate surface area is 226 Å². The molecule has 3 aromatic carbocycles. The number of carboxylic acid groups (broad SMARTS) is 1. The molecule has 0 spiro atoms. The van der Waals surface area contributed by atoms with Crippen LogP contribution in [-0.2, 0) is 11.2 Å². The first-order chi connectivity index (χ1) is 18.5. The van der Waals surface area contributed by atoms with Crippen molar-refractivity contribution < 1.29 is 24.2 Å². The molecule has 1 atom stereocenters. The monoisotopic (exact) mass is 531 g/mol. The Morgan fingerprint density at radius 1 is 0.947 bits per heavy atom. The molecule has 0 radical (unpaired) electrons. The Hall–Kier alpha value is -3.51.